The first kappa shape index (κ1) is 17.3. The maximum absolute atomic E-state index is 4.52. The van der Waals surface area contributed by atoms with Crippen LogP contribution in [-0.2, 0) is 6.42 Å². The van der Waals surface area contributed by atoms with Gasteiger partial charge < -0.3 is 10.2 Å². The molecule has 1 aromatic rings. The number of likely N-dealkylation sites (tertiary alicyclic amines) is 1. The van der Waals surface area contributed by atoms with E-state index >= 15 is 0 Å². The quantitative estimate of drug-likeness (QED) is 0.666. The third-order valence-electron chi connectivity index (χ3n) is 4.48. The maximum atomic E-state index is 4.52. The largest absolute Gasteiger partial charge is 0.356 e. The van der Waals surface area contributed by atoms with Crippen molar-refractivity contribution in [1.82, 2.24) is 15.2 Å². The van der Waals surface area contributed by atoms with Crippen molar-refractivity contribution in [3.05, 3.63) is 16.1 Å². The zero-order valence-electron chi connectivity index (χ0n) is 14.5. The number of hydrogen-bond acceptors (Lipinski definition) is 3. The fraction of sp³-hybridized carbons (Fsp3) is 0.765. The summed E-state index contributed by atoms with van der Waals surface area (Å²) in [6.45, 7) is 9.91. The van der Waals surface area contributed by atoms with E-state index in [1.165, 1.54) is 31.4 Å². The molecule has 0 spiro atoms. The third kappa shape index (κ3) is 4.70. The summed E-state index contributed by atoms with van der Waals surface area (Å²) in [5.41, 5.74) is 1.62. The molecule has 1 atom stereocenters. The van der Waals surface area contributed by atoms with E-state index in [0.29, 0.717) is 5.41 Å². The molecule has 0 aromatic carbocycles. The highest BCUT2D eigenvalue weighted by atomic mass is 32.1. The Morgan fingerprint density at radius 1 is 1.55 bits per heavy atom. The van der Waals surface area contributed by atoms with Crippen LogP contribution < -0.4 is 5.32 Å². The van der Waals surface area contributed by atoms with Crippen LogP contribution >= 0.6 is 11.3 Å². The molecule has 1 aromatic heterocycles. The van der Waals surface area contributed by atoms with E-state index in [1.807, 2.05) is 7.05 Å². The monoisotopic (exact) mass is 322 g/mol. The van der Waals surface area contributed by atoms with Crippen LogP contribution in [0, 0.1) is 12.3 Å². The number of aliphatic imine (C=N–C) groups is 1. The van der Waals surface area contributed by atoms with Crippen LogP contribution in [0.3, 0.4) is 0 Å². The first-order valence-electron chi connectivity index (χ1n) is 8.43. The van der Waals surface area contributed by atoms with Crippen molar-refractivity contribution in [3.63, 3.8) is 0 Å². The highest BCUT2D eigenvalue weighted by Crippen LogP contribution is 2.33. The summed E-state index contributed by atoms with van der Waals surface area (Å²) < 4.78 is 0. The molecule has 2 rings (SSSR count). The molecule has 124 valence electrons. The minimum Gasteiger partial charge on any atom is -0.356 e. The van der Waals surface area contributed by atoms with Crippen LogP contribution in [-0.4, -0.2) is 42.5 Å². The number of piperidine rings is 1. The summed E-state index contributed by atoms with van der Waals surface area (Å²) >= 11 is 1.72. The zero-order chi connectivity index (χ0) is 16.0. The van der Waals surface area contributed by atoms with E-state index in [9.17, 15) is 0 Å². The number of aryl methyl sites for hydroxylation is 1. The molecule has 0 bridgehead atoms. The first-order chi connectivity index (χ1) is 10.6. The highest BCUT2D eigenvalue weighted by Gasteiger charge is 2.31. The molecular formula is C17H30N4S. The van der Waals surface area contributed by atoms with Crippen molar-refractivity contribution in [3.8, 4) is 0 Å². The van der Waals surface area contributed by atoms with Crippen molar-refractivity contribution in [2.45, 2.75) is 52.9 Å². The SMILES string of the molecule is CCCC1(C)CCCN(C(=NC)NCCc2csc(C)n2)C1. The number of thiazole rings is 1. The van der Waals surface area contributed by atoms with Gasteiger partial charge in [0, 0.05) is 38.5 Å². The molecule has 1 fully saturated rings. The van der Waals surface area contributed by atoms with Gasteiger partial charge in [-0.15, -0.1) is 11.3 Å². The average molecular weight is 323 g/mol. The number of guanidine groups is 1. The van der Waals surface area contributed by atoms with Crippen LogP contribution in [0.4, 0.5) is 0 Å². The van der Waals surface area contributed by atoms with E-state index in [0.717, 1.165) is 37.0 Å². The highest BCUT2D eigenvalue weighted by molar-refractivity contribution is 7.09. The second-order valence-electron chi connectivity index (χ2n) is 6.67. The normalized spacial score (nSPS) is 22.9. The molecule has 1 unspecified atom stereocenters. The van der Waals surface area contributed by atoms with Gasteiger partial charge in [-0.25, -0.2) is 4.98 Å². The second kappa shape index (κ2) is 7.95. The van der Waals surface area contributed by atoms with Gasteiger partial charge in [0.1, 0.15) is 0 Å². The molecule has 1 aliphatic rings. The van der Waals surface area contributed by atoms with Gasteiger partial charge in [-0.1, -0.05) is 20.3 Å². The van der Waals surface area contributed by atoms with E-state index < -0.39 is 0 Å². The molecule has 1 N–H and O–H groups in total. The van der Waals surface area contributed by atoms with Crippen molar-refractivity contribution in [1.29, 1.82) is 0 Å². The Kier molecular flexibility index (Phi) is 6.24. The van der Waals surface area contributed by atoms with E-state index in [4.69, 9.17) is 0 Å². The van der Waals surface area contributed by atoms with Gasteiger partial charge in [0.15, 0.2) is 5.96 Å². The minimum absolute atomic E-state index is 0.441. The van der Waals surface area contributed by atoms with Crippen LogP contribution in [0.1, 0.15) is 50.2 Å². The van der Waals surface area contributed by atoms with Gasteiger partial charge in [0.25, 0.3) is 0 Å². The summed E-state index contributed by atoms with van der Waals surface area (Å²) in [5, 5.41) is 6.81. The van der Waals surface area contributed by atoms with Crippen LogP contribution in [0.15, 0.2) is 10.4 Å². The van der Waals surface area contributed by atoms with Gasteiger partial charge in [-0.3, -0.25) is 4.99 Å². The second-order valence-corrected chi connectivity index (χ2v) is 7.73. The molecule has 0 aliphatic carbocycles. The number of nitrogens with zero attached hydrogens (tertiary/aromatic N) is 3. The minimum atomic E-state index is 0.441. The number of nitrogens with one attached hydrogen (secondary N) is 1. The van der Waals surface area contributed by atoms with Gasteiger partial charge in [0.2, 0.25) is 0 Å². The average Bonchev–Trinajstić information content (AvgIpc) is 2.89. The first-order valence-corrected chi connectivity index (χ1v) is 9.31. The summed E-state index contributed by atoms with van der Waals surface area (Å²) in [6, 6.07) is 0. The molecule has 4 nitrogen and oxygen atoms in total. The van der Waals surface area contributed by atoms with Gasteiger partial charge in [-0.2, -0.15) is 0 Å². The lowest BCUT2D eigenvalue weighted by atomic mass is 9.78. The van der Waals surface area contributed by atoms with Crippen LogP contribution in [0.5, 0.6) is 0 Å². The molecular weight excluding hydrogens is 292 g/mol. The van der Waals surface area contributed by atoms with Crippen molar-refractivity contribution < 1.29 is 0 Å². The molecule has 5 heteroatoms. The summed E-state index contributed by atoms with van der Waals surface area (Å²) in [5.74, 6) is 1.05. The Bertz CT molecular complexity index is 493. The summed E-state index contributed by atoms with van der Waals surface area (Å²) in [4.78, 5) is 11.4. The van der Waals surface area contributed by atoms with Crippen LogP contribution in [0.25, 0.3) is 0 Å². The summed E-state index contributed by atoms with van der Waals surface area (Å²) in [7, 11) is 1.89. The molecule has 22 heavy (non-hydrogen) atoms. The van der Waals surface area contributed by atoms with E-state index in [-0.39, 0.29) is 0 Å². The van der Waals surface area contributed by atoms with Crippen molar-refractivity contribution in [2.24, 2.45) is 10.4 Å². The predicted octanol–water partition coefficient (Wildman–Crippen LogP) is 3.47. The van der Waals surface area contributed by atoms with Gasteiger partial charge in [0.05, 0.1) is 10.7 Å². The molecule has 0 amide bonds. The molecule has 1 aliphatic heterocycles. The van der Waals surface area contributed by atoms with E-state index in [2.05, 4.69) is 46.3 Å². The van der Waals surface area contributed by atoms with Gasteiger partial charge >= 0.3 is 0 Å². The van der Waals surface area contributed by atoms with E-state index in [1.54, 1.807) is 11.3 Å². The van der Waals surface area contributed by atoms with Crippen molar-refractivity contribution in [2.75, 3.05) is 26.7 Å². The topological polar surface area (TPSA) is 40.5 Å². The lowest BCUT2D eigenvalue weighted by Gasteiger charge is -2.42. The van der Waals surface area contributed by atoms with Gasteiger partial charge in [-0.05, 0) is 31.6 Å². The third-order valence-corrected chi connectivity index (χ3v) is 5.30. The number of aromatic nitrogens is 1. The molecule has 1 saturated heterocycles. The Morgan fingerprint density at radius 3 is 3.00 bits per heavy atom. The fourth-order valence-electron chi connectivity index (χ4n) is 3.46. The number of hydrogen-bond donors (Lipinski definition) is 1. The number of rotatable bonds is 5. The summed E-state index contributed by atoms with van der Waals surface area (Å²) in [6.07, 6.45) is 6.14. The Labute approximate surface area is 139 Å². The smallest absolute Gasteiger partial charge is 0.193 e. The molecule has 2 heterocycles. The Hall–Kier alpha value is -1.10. The Morgan fingerprint density at radius 2 is 2.36 bits per heavy atom. The van der Waals surface area contributed by atoms with Crippen molar-refractivity contribution >= 4 is 17.3 Å². The standard InChI is InChI=1S/C17H30N4S/c1-5-8-17(3)9-6-11-21(13-17)16(18-4)19-10-7-15-12-22-14(2)20-15/h12H,5-11,13H2,1-4H3,(H,18,19). The Balaban J connectivity index is 1.85. The van der Waals surface area contributed by atoms with Crippen LogP contribution in [0.2, 0.25) is 0 Å². The zero-order valence-corrected chi connectivity index (χ0v) is 15.3. The predicted molar refractivity (Wildman–Crippen MR) is 95.7 cm³/mol. The molecule has 0 saturated carbocycles. The maximum Gasteiger partial charge on any atom is 0.193 e. The fourth-order valence-corrected chi connectivity index (χ4v) is 4.11. The molecule has 0 radical (unpaired) electrons. The lowest BCUT2D eigenvalue weighted by molar-refractivity contribution is 0.142. The lowest BCUT2D eigenvalue weighted by Crippen LogP contribution is -2.50.